The van der Waals surface area contributed by atoms with Gasteiger partial charge in [-0.25, -0.2) is 8.78 Å². The number of carboxylic acids is 1. The molecule has 0 radical (unpaired) electrons. The zero-order chi connectivity index (χ0) is 11.8. The zero-order valence-corrected chi connectivity index (χ0v) is 9.20. The zero-order valence-electron chi connectivity index (χ0n) is 9.20. The first-order valence-corrected chi connectivity index (χ1v) is 5.02. The molecule has 2 aliphatic heterocycles. The molecule has 2 heterocycles. The van der Waals surface area contributed by atoms with Gasteiger partial charge in [0, 0.05) is 12.6 Å². The number of hydrogen-bond acceptors (Lipinski definition) is 2. The maximum atomic E-state index is 12.2. The minimum Gasteiger partial charge on any atom is -0.481 e. The largest absolute Gasteiger partial charge is 0.481 e. The van der Waals surface area contributed by atoms with E-state index in [0.29, 0.717) is 0 Å². The van der Waals surface area contributed by atoms with E-state index < -0.39 is 23.9 Å². The number of carboxylic acid groups (broad SMARTS) is 1. The van der Waals surface area contributed by atoms with Gasteiger partial charge in [0.15, 0.2) is 12.5 Å². The van der Waals surface area contributed by atoms with Crippen LogP contribution in [0.3, 0.4) is 0 Å². The first kappa shape index (κ1) is 12.4. The van der Waals surface area contributed by atoms with Gasteiger partial charge < -0.3 is 5.11 Å². The van der Waals surface area contributed by atoms with E-state index >= 15 is 0 Å². The van der Waals surface area contributed by atoms with E-state index in [2.05, 4.69) is 0 Å². The molecule has 0 spiro atoms. The second-order valence-electron chi connectivity index (χ2n) is 4.97. The number of rotatable bonds is 0. The first-order valence-electron chi connectivity index (χ1n) is 5.02. The van der Waals surface area contributed by atoms with Crippen molar-refractivity contribution in [2.75, 3.05) is 6.54 Å². The van der Waals surface area contributed by atoms with Crippen LogP contribution in [-0.2, 0) is 4.79 Å². The fourth-order valence-corrected chi connectivity index (χ4v) is 1.34. The summed E-state index contributed by atoms with van der Waals surface area (Å²) >= 11 is 0. The van der Waals surface area contributed by atoms with Gasteiger partial charge in [-0.15, -0.1) is 0 Å². The molecule has 5 heteroatoms. The van der Waals surface area contributed by atoms with Crippen LogP contribution >= 0.6 is 0 Å². The van der Waals surface area contributed by atoms with E-state index in [9.17, 15) is 13.6 Å². The molecule has 3 unspecified atom stereocenters. The van der Waals surface area contributed by atoms with E-state index in [1.807, 2.05) is 0 Å². The predicted molar refractivity (Wildman–Crippen MR) is 52.0 cm³/mol. The number of nitrogens with zero attached hydrogens (tertiary/aromatic N) is 1. The molecule has 0 aromatic carbocycles. The fourth-order valence-electron chi connectivity index (χ4n) is 1.34. The van der Waals surface area contributed by atoms with Gasteiger partial charge in [-0.2, -0.15) is 0 Å². The lowest BCUT2D eigenvalue weighted by Gasteiger charge is -2.54. The third-order valence-corrected chi connectivity index (χ3v) is 2.70. The van der Waals surface area contributed by atoms with E-state index in [-0.39, 0.29) is 6.04 Å². The van der Waals surface area contributed by atoms with E-state index in [1.54, 1.807) is 25.7 Å². The molecular formula is C10H17F2NO2. The minimum atomic E-state index is -1.27. The topological polar surface area (TPSA) is 40.5 Å². The lowest BCUT2D eigenvalue weighted by atomic mass is 9.87. The molecule has 3 atom stereocenters. The van der Waals surface area contributed by atoms with Crippen LogP contribution in [0.5, 0.6) is 0 Å². The summed E-state index contributed by atoms with van der Waals surface area (Å²) in [5.41, 5.74) is -0.583. The number of fused-ring (bicyclic) bond motifs is 1. The molecule has 88 valence electrons. The van der Waals surface area contributed by atoms with Crippen molar-refractivity contribution in [3.8, 4) is 0 Å². The van der Waals surface area contributed by atoms with E-state index in [1.165, 1.54) is 0 Å². The summed E-state index contributed by atoms with van der Waals surface area (Å²) in [5, 5.41) is 8.25. The van der Waals surface area contributed by atoms with E-state index in [4.69, 9.17) is 5.11 Å². The summed E-state index contributed by atoms with van der Waals surface area (Å²) in [4.78, 5) is 11.6. The van der Waals surface area contributed by atoms with Crippen LogP contribution in [0.4, 0.5) is 8.78 Å². The molecule has 2 fully saturated rings. The third-order valence-electron chi connectivity index (χ3n) is 2.70. The number of aliphatic carboxylic acids is 1. The number of halogens is 2. The summed E-state index contributed by atoms with van der Waals surface area (Å²) in [7, 11) is 0. The second kappa shape index (κ2) is 4.04. The molecule has 0 saturated carbocycles. The van der Waals surface area contributed by atoms with Gasteiger partial charge in [0.25, 0.3) is 0 Å². The summed E-state index contributed by atoms with van der Waals surface area (Å²) in [6.07, 6.45) is -1.60. The maximum Gasteiger partial charge on any atom is 0.308 e. The Balaban J connectivity index is 0.000000153. The molecule has 15 heavy (non-hydrogen) atoms. The van der Waals surface area contributed by atoms with Crippen molar-refractivity contribution < 1.29 is 18.7 Å². The molecule has 2 aliphatic rings. The van der Waals surface area contributed by atoms with Gasteiger partial charge >= 0.3 is 5.97 Å². The highest BCUT2D eigenvalue weighted by Gasteiger charge is 2.54. The Morgan fingerprint density at radius 3 is 1.93 bits per heavy atom. The van der Waals surface area contributed by atoms with Gasteiger partial charge in [0.2, 0.25) is 0 Å². The molecule has 0 aliphatic carbocycles. The third kappa shape index (κ3) is 2.45. The Morgan fingerprint density at radius 2 is 1.87 bits per heavy atom. The van der Waals surface area contributed by atoms with E-state index in [0.717, 1.165) is 13.0 Å². The fraction of sp³-hybridized carbons (Fsp3) is 0.900. The molecule has 2 rings (SSSR count). The minimum absolute atomic E-state index is 0.0509. The van der Waals surface area contributed by atoms with Gasteiger partial charge in [-0.05, 0) is 27.2 Å². The van der Waals surface area contributed by atoms with Gasteiger partial charge in [-0.1, -0.05) is 0 Å². The predicted octanol–water partition coefficient (Wildman–Crippen LogP) is 1.83. The molecule has 2 saturated heterocycles. The van der Waals surface area contributed by atoms with Gasteiger partial charge in [-0.3, -0.25) is 9.69 Å². The Bertz CT molecular complexity index is 226. The van der Waals surface area contributed by atoms with Crippen LogP contribution in [0.1, 0.15) is 27.2 Å². The van der Waals surface area contributed by atoms with Crippen LogP contribution in [0, 0.1) is 5.41 Å². The highest BCUT2D eigenvalue weighted by molar-refractivity contribution is 5.72. The molecule has 3 nitrogen and oxygen atoms in total. The summed E-state index contributed by atoms with van der Waals surface area (Å²) < 4.78 is 24.3. The quantitative estimate of drug-likeness (QED) is 0.634. The number of piperidine rings is 1. The summed E-state index contributed by atoms with van der Waals surface area (Å²) in [6.45, 7) is 5.74. The lowest BCUT2D eigenvalue weighted by Crippen LogP contribution is -2.71. The number of alkyl halides is 2. The van der Waals surface area contributed by atoms with Crippen molar-refractivity contribution in [1.29, 1.82) is 0 Å². The molecule has 1 N–H and O–H groups in total. The highest BCUT2D eigenvalue weighted by atomic mass is 19.2. The van der Waals surface area contributed by atoms with Crippen molar-refractivity contribution >= 4 is 5.97 Å². The van der Waals surface area contributed by atoms with Crippen LogP contribution < -0.4 is 0 Å². The Kier molecular flexibility index (Phi) is 3.33. The standard InChI is InChI=1S/C5H7F2N.C5H10O2/c6-4-3-1-2-8(3)5(4)7;1-5(2,3)4(6)7/h3-5H,1-2H2;1-3H3,(H,6,7). The van der Waals surface area contributed by atoms with Crippen molar-refractivity contribution in [2.24, 2.45) is 5.41 Å². The van der Waals surface area contributed by atoms with Crippen molar-refractivity contribution in [1.82, 2.24) is 4.90 Å². The Morgan fingerprint density at radius 1 is 1.40 bits per heavy atom. The maximum absolute atomic E-state index is 12.2. The van der Waals surface area contributed by atoms with Crippen molar-refractivity contribution in [3.63, 3.8) is 0 Å². The molecule has 0 amide bonds. The molecular weight excluding hydrogens is 204 g/mol. The average Bonchev–Trinajstić information content (AvgIpc) is 2.01. The smallest absolute Gasteiger partial charge is 0.308 e. The highest BCUT2D eigenvalue weighted by Crippen LogP contribution is 2.39. The summed E-state index contributed by atoms with van der Waals surface area (Å²) in [6, 6.07) is -0.0509. The second-order valence-corrected chi connectivity index (χ2v) is 4.97. The van der Waals surface area contributed by atoms with Crippen LogP contribution in [0.25, 0.3) is 0 Å². The van der Waals surface area contributed by atoms with Crippen LogP contribution in [-0.4, -0.2) is 41.0 Å². The summed E-state index contributed by atoms with van der Waals surface area (Å²) in [5.74, 6) is -0.757. The average molecular weight is 221 g/mol. The Labute approximate surface area is 88.1 Å². The molecule has 0 aromatic heterocycles. The number of hydrogen-bond donors (Lipinski definition) is 1. The van der Waals surface area contributed by atoms with Crippen LogP contribution in [0.15, 0.2) is 0 Å². The SMILES string of the molecule is CC(C)(C)C(=O)O.FC1C(F)N2CCC12. The molecule has 0 aromatic rings. The lowest BCUT2D eigenvalue weighted by molar-refractivity contribution is -0.192. The Hall–Kier alpha value is -0.710. The van der Waals surface area contributed by atoms with Crippen molar-refractivity contribution in [3.05, 3.63) is 0 Å². The monoisotopic (exact) mass is 221 g/mol. The first-order chi connectivity index (χ1) is 6.75. The van der Waals surface area contributed by atoms with Gasteiger partial charge in [0.05, 0.1) is 5.41 Å². The van der Waals surface area contributed by atoms with Crippen molar-refractivity contribution in [2.45, 2.75) is 45.7 Å². The normalized spacial score (nSPS) is 34.1. The van der Waals surface area contributed by atoms with Gasteiger partial charge in [0.1, 0.15) is 0 Å². The molecule has 0 bridgehead atoms. The van der Waals surface area contributed by atoms with Crippen LogP contribution in [0.2, 0.25) is 0 Å². The number of carbonyl (C=O) groups is 1.